The van der Waals surface area contributed by atoms with Crippen molar-refractivity contribution in [2.75, 3.05) is 12.4 Å². The molecule has 0 aliphatic carbocycles. The summed E-state index contributed by atoms with van der Waals surface area (Å²) in [6.07, 6.45) is 1.01. The summed E-state index contributed by atoms with van der Waals surface area (Å²) in [5.41, 5.74) is 0. The van der Waals surface area contributed by atoms with Crippen molar-refractivity contribution in [1.29, 1.82) is 0 Å². The molecule has 1 aromatic rings. The third-order valence-corrected chi connectivity index (χ3v) is 2.61. The van der Waals surface area contributed by atoms with E-state index in [9.17, 15) is 8.42 Å². The summed E-state index contributed by atoms with van der Waals surface area (Å²) in [5, 5.41) is 0. The fraction of sp³-hybridized carbons (Fsp3) is 0.400. The Bertz CT molecular complexity index is 372. The van der Waals surface area contributed by atoms with Crippen LogP contribution >= 0.6 is 0 Å². The molecule has 0 heterocycles. The zero-order chi connectivity index (χ0) is 11.1. The van der Waals surface area contributed by atoms with E-state index in [1.807, 2.05) is 30.3 Å². The molecule has 0 bridgehead atoms. The first kappa shape index (κ1) is 12.0. The maximum Gasteiger partial charge on any atom is 0.264 e. The Labute approximate surface area is 89.6 Å². The second kappa shape index (κ2) is 5.72. The summed E-state index contributed by atoms with van der Waals surface area (Å²) in [6.45, 7) is 0.458. The molecular weight excluding hydrogens is 216 g/mol. The fourth-order valence-corrected chi connectivity index (χ4v) is 1.66. The van der Waals surface area contributed by atoms with E-state index in [0.717, 1.165) is 5.75 Å². The van der Waals surface area contributed by atoms with E-state index in [0.29, 0.717) is 19.4 Å². The Morgan fingerprint density at radius 3 is 2.40 bits per heavy atom. The summed E-state index contributed by atoms with van der Waals surface area (Å²) >= 11 is 0. The lowest BCUT2D eigenvalue weighted by atomic mass is 10.3. The Balaban J connectivity index is 2.13. The number of unbranched alkanes of at least 4 members (excludes halogenated alkanes) is 1. The quantitative estimate of drug-likeness (QED) is 0.597. The van der Waals surface area contributed by atoms with Gasteiger partial charge in [0.25, 0.3) is 10.1 Å². The molecule has 0 saturated carbocycles. The second-order valence-corrected chi connectivity index (χ2v) is 4.73. The Morgan fingerprint density at radius 2 is 1.80 bits per heavy atom. The van der Waals surface area contributed by atoms with Gasteiger partial charge in [0.05, 0.1) is 12.4 Å². The Morgan fingerprint density at radius 1 is 1.13 bits per heavy atom. The van der Waals surface area contributed by atoms with Crippen LogP contribution in [0, 0.1) is 0 Å². The molecule has 0 atom stereocenters. The van der Waals surface area contributed by atoms with Crippen LogP contribution in [0.3, 0.4) is 0 Å². The summed E-state index contributed by atoms with van der Waals surface area (Å²) in [5.74, 6) is 0.565. The normalized spacial score (nSPS) is 11.3. The molecule has 4 nitrogen and oxygen atoms in total. The van der Waals surface area contributed by atoms with Gasteiger partial charge in [-0.15, -0.1) is 0 Å². The molecular formula is C10H14O4S. The van der Waals surface area contributed by atoms with E-state index in [4.69, 9.17) is 9.29 Å². The predicted octanol–water partition coefficient (Wildman–Crippen LogP) is 1.73. The van der Waals surface area contributed by atoms with E-state index in [1.54, 1.807) is 0 Å². The smallest absolute Gasteiger partial charge is 0.264 e. The Kier molecular flexibility index (Phi) is 4.58. The number of rotatable bonds is 6. The molecule has 1 N–H and O–H groups in total. The van der Waals surface area contributed by atoms with Crippen LogP contribution < -0.4 is 4.74 Å². The first-order valence-corrected chi connectivity index (χ1v) is 6.32. The van der Waals surface area contributed by atoms with Crippen molar-refractivity contribution in [3.05, 3.63) is 30.3 Å². The van der Waals surface area contributed by atoms with Gasteiger partial charge in [-0.25, -0.2) is 0 Å². The van der Waals surface area contributed by atoms with Crippen molar-refractivity contribution < 1.29 is 17.7 Å². The monoisotopic (exact) mass is 230 g/mol. The number of hydrogen-bond donors (Lipinski definition) is 1. The topological polar surface area (TPSA) is 63.6 Å². The molecule has 0 aliphatic heterocycles. The van der Waals surface area contributed by atoms with Gasteiger partial charge < -0.3 is 4.74 Å². The zero-order valence-electron chi connectivity index (χ0n) is 8.30. The van der Waals surface area contributed by atoms with E-state index in [-0.39, 0.29) is 5.75 Å². The maximum atomic E-state index is 10.4. The summed E-state index contributed by atoms with van der Waals surface area (Å²) < 4.78 is 34.6. The minimum atomic E-state index is -3.82. The van der Waals surface area contributed by atoms with Crippen LogP contribution in [0.1, 0.15) is 12.8 Å². The second-order valence-electron chi connectivity index (χ2n) is 3.15. The van der Waals surface area contributed by atoms with Gasteiger partial charge in [0, 0.05) is 0 Å². The minimum Gasteiger partial charge on any atom is -0.494 e. The van der Waals surface area contributed by atoms with Gasteiger partial charge in [0.15, 0.2) is 0 Å². The van der Waals surface area contributed by atoms with Crippen LogP contribution in [0.5, 0.6) is 5.75 Å². The highest BCUT2D eigenvalue weighted by molar-refractivity contribution is 7.85. The molecule has 0 aliphatic rings. The lowest BCUT2D eigenvalue weighted by molar-refractivity contribution is 0.309. The lowest BCUT2D eigenvalue weighted by Crippen LogP contribution is -2.06. The summed E-state index contributed by atoms with van der Waals surface area (Å²) in [4.78, 5) is 0. The number of hydrogen-bond acceptors (Lipinski definition) is 3. The van der Waals surface area contributed by atoms with Crippen LogP contribution in [0.15, 0.2) is 30.3 Å². The van der Waals surface area contributed by atoms with Crippen LogP contribution in [0.4, 0.5) is 0 Å². The molecule has 1 rings (SSSR count). The number of ether oxygens (including phenoxy) is 1. The first-order chi connectivity index (χ1) is 7.08. The molecule has 0 spiro atoms. The van der Waals surface area contributed by atoms with Gasteiger partial charge in [-0.1, -0.05) is 18.2 Å². The van der Waals surface area contributed by atoms with E-state index in [2.05, 4.69) is 0 Å². The van der Waals surface area contributed by atoms with Crippen LogP contribution in [0.2, 0.25) is 0 Å². The molecule has 0 aromatic heterocycles. The standard InChI is InChI=1S/C10H14O4S/c11-15(12,13)9-5-4-8-14-10-6-2-1-3-7-10/h1-3,6-7H,4-5,8-9H2,(H,11,12,13). The average Bonchev–Trinajstić information content (AvgIpc) is 2.17. The van der Waals surface area contributed by atoms with Crippen molar-refractivity contribution >= 4 is 10.1 Å². The van der Waals surface area contributed by atoms with Crippen molar-refractivity contribution in [3.8, 4) is 5.75 Å². The van der Waals surface area contributed by atoms with Gasteiger partial charge in [-0.05, 0) is 25.0 Å². The lowest BCUT2D eigenvalue weighted by Gasteiger charge is -2.04. The van der Waals surface area contributed by atoms with Crippen LogP contribution in [-0.4, -0.2) is 25.3 Å². The SMILES string of the molecule is O=S(=O)(O)CCCCOc1ccccc1. The molecule has 5 heteroatoms. The molecule has 0 radical (unpaired) electrons. The third kappa shape index (κ3) is 6.09. The fourth-order valence-electron chi connectivity index (χ4n) is 1.09. The Hall–Kier alpha value is -1.07. The van der Waals surface area contributed by atoms with E-state index >= 15 is 0 Å². The average molecular weight is 230 g/mol. The largest absolute Gasteiger partial charge is 0.494 e. The van der Waals surface area contributed by atoms with Gasteiger partial charge in [0.2, 0.25) is 0 Å². The summed E-state index contributed by atoms with van der Waals surface area (Å²) in [7, 11) is -3.82. The summed E-state index contributed by atoms with van der Waals surface area (Å²) in [6, 6.07) is 9.30. The molecule has 1 aromatic carbocycles. The van der Waals surface area contributed by atoms with Crippen molar-refractivity contribution in [3.63, 3.8) is 0 Å². The molecule has 0 saturated heterocycles. The van der Waals surface area contributed by atoms with Gasteiger partial charge >= 0.3 is 0 Å². The zero-order valence-corrected chi connectivity index (χ0v) is 9.11. The van der Waals surface area contributed by atoms with Crippen molar-refractivity contribution in [2.45, 2.75) is 12.8 Å². The minimum absolute atomic E-state index is 0.203. The highest BCUT2D eigenvalue weighted by Gasteiger charge is 2.03. The van der Waals surface area contributed by atoms with Gasteiger partial charge in [0.1, 0.15) is 5.75 Å². The number of para-hydroxylation sites is 1. The molecule has 84 valence electrons. The van der Waals surface area contributed by atoms with Crippen LogP contribution in [-0.2, 0) is 10.1 Å². The van der Waals surface area contributed by atoms with E-state index in [1.165, 1.54) is 0 Å². The van der Waals surface area contributed by atoms with Crippen LogP contribution in [0.25, 0.3) is 0 Å². The predicted molar refractivity (Wildman–Crippen MR) is 57.6 cm³/mol. The van der Waals surface area contributed by atoms with E-state index < -0.39 is 10.1 Å². The highest BCUT2D eigenvalue weighted by atomic mass is 32.2. The number of benzene rings is 1. The third-order valence-electron chi connectivity index (χ3n) is 1.81. The molecule has 15 heavy (non-hydrogen) atoms. The van der Waals surface area contributed by atoms with Gasteiger partial charge in [-0.3, -0.25) is 4.55 Å². The molecule has 0 fully saturated rings. The molecule has 0 unspecified atom stereocenters. The van der Waals surface area contributed by atoms with Crippen molar-refractivity contribution in [2.24, 2.45) is 0 Å². The molecule has 0 amide bonds. The maximum absolute atomic E-state index is 10.4. The van der Waals surface area contributed by atoms with Crippen molar-refractivity contribution in [1.82, 2.24) is 0 Å². The highest BCUT2D eigenvalue weighted by Crippen LogP contribution is 2.08. The van der Waals surface area contributed by atoms with Gasteiger partial charge in [-0.2, -0.15) is 8.42 Å². The first-order valence-electron chi connectivity index (χ1n) is 4.71.